The van der Waals surface area contributed by atoms with Crippen LogP contribution in [0.3, 0.4) is 0 Å². The number of nitrogens with zero attached hydrogens (tertiary/aromatic N) is 4. The topological polar surface area (TPSA) is 85.3 Å². The minimum absolute atomic E-state index is 0.286. The van der Waals surface area contributed by atoms with Gasteiger partial charge >= 0.3 is 0 Å². The van der Waals surface area contributed by atoms with Crippen LogP contribution in [0.5, 0.6) is 5.75 Å². The number of rotatable bonds is 7. The molecule has 0 spiro atoms. The van der Waals surface area contributed by atoms with Gasteiger partial charge in [0, 0.05) is 43.0 Å². The van der Waals surface area contributed by atoms with E-state index in [9.17, 15) is 8.42 Å². The van der Waals surface area contributed by atoms with Gasteiger partial charge in [-0.25, -0.2) is 23.4 Å². The second-order valence-corrected chi connectivity index (χ2v) is 10.6. The van der Waals surface area contributed by atoms with E-state index in [1.165, 1.54) is 6.26 Å². The number of benzene rings is 1. The number of thiazole rings is 1. The standard InChI is InChI=1S/C22H26N4O3S2/c1-3-16-12-23-22(24-13-16)26-10-8-17(9-11-26)21-25-18(15-30-21)14-29-19-4-6-20(7-5-19)31(2,27)28/h4-7,12-13,15,17H,3,8-11,14H2,1-2H3. The van der Waals surface area contributed by atoms with Crippen LogP contribution in [0, 0.1) is 0 Å². The van der Waals surface area contributed by atoms with Crippen LogP contribution in [-0.4, -0.2) is 42.7 Å². The highest BCUT2D eigenvalue weighted by Crippen LogP contribution is 2.31. The van der Waals surface area contributed by atoms with E-state index in [2.05, 4.69) is 21.8 Å². The van der Waals surface area contributed by atoms with Gasteiger partial charge in [0.2, 0.25) is 5.95 Å². The Morgan fingerprint density at radius 2 is 1.81 bits per heavy atom. The molecule has 1 saturated heterocycles. The van der Waals surface area contributed by atoms with E-state index in [0.717, 1.165) is 54.6 Å². The van der Waals surface area contributed by atoms with Crippen LogP contribution in [0.15, 0.2) is 46.9 Å². The molecule has 0 unspecified atom stereocenters. The molecule has 4 rings (SSSR count). The second kappa shape index (κ2) is 9.32. The van der Waals surface area contributed by atoms with Crippen molar-refractivity contribution < 1.29 is 13.2 Å². The lowest BCUT2D eigenvalue weighted by molar-refractivity contribution is 0.301. The summed E-state index contributed by atoms with van der Waals surface area (Å²) in [6.07, 6.45) is 8.02. The Morgan fingerprint density at radius 1 is 1.13 bits per heavy atom. The molecule has 0 aliphatic carbocycles. The number of ether oxygens (including phenoxy) is 1. The van der Waals surface area contributed by atoms with Crippen molar-refractivity contribution in [1.29, 1.82) is 0 Å². The molecule has 0 N–H and O–H groups in total. The molecule has 31 heavy (non-hydrogen) atoms. The summed E-state index contributed by atoms with van der Waals surface area (Å²) < 4.78 is 28.9. The first-order chi connectivity index (χ1) is 14.9. The molecule has 1 aliphatic rings. The van der Waals surface area contributed by atoms with Gasteiger partial charge in [-0.15, -0.1) is 11.3 Å². The van der Waals surface area contributed by atoms with Gasteiger partial charge in [-0.3, -0.25) is 0 Å². The van der Waals surface area contributed by atoms with Gasteiger partial charge < -0.3 is 9.64 Å². The van der Waals surface area contributed by atoms with Gasteiger partial charge in [-0.05, 0) is 49.1 Å². The van der Waals surface area contributed by atoms with E-state index < -0.39 is 9.84 Å². The molecule has 9 heteroatoms. The van der Waals surface area contributed by atoms with E-state index in [1.54, 1.807) is 35.6 Å². The molecule has 0 amide bonds. The zero-order valence-corrected chi connectivity index (χ0v) is 19.3. The Hall–Kier alpha value is -2.52. The Balaban J connectivity index is 1.30. The lowest BCUT2D eigenvalue weighted by Crippen LogP contribution is -2.34. The summed E-state index contributed by atoms with van der Waals surface area (Å²) in [6, 6.07) is 6.47. The smallest absolute Gasteiger partial charge is 0.225 e. The molecule has 3 aromatic rings. The molecular formula is C22H26N4O3S2. The zero-order chi connectivity index (χ0) is 21.8. The highest BCUT2D eigenvalue weighted by Gasteiger charge is 2.24. The van der Waals surface area contributed by atoms with E-state index in [-0.39, 0.29) is 4.90 Å². The number of piperidine rings is 1. The molecule has 2 aromatic heterocycles. The fourth-order valence-electron chi connectivity index (χ4n) is 3.54. The Kier molecular flexibility index (Phi) is 6.52. The molecule has 3 heterocycles. The fraction of sp³-hybridized carbons (Fsp3) is 0.409. The normalized spacial score (nSPS) is 15.2. The predicted molar refractivity (Wildman–Crippen MR) is 122 cm³/mol. The van der Waals surface area contributed by atoms with E-state index in [4.69, 9.17) is 9.72 Å². The largest absolute Gasteiger partial charge is 0.487 e. The summed E-state index contributed by atoms with van der Waals surface area (Å²) in [6.45, 7) is 4.32. The average Bonchev–Trinajstić information content (AvgIpc) is 3.27. The van der Waals surface area contributed by atoms with Crippen LogP contribution >= 0.6 is 11.3 Å². The third kappa shape index (κ3) is 5.40. The fourth-order valence-corrected chi connectivity index (χ4v) is 5.14. The number of aromatic nitrogens is 3. The number of aryl methyl sites for hydroxylation is 1. The van der Waals surface area contributed by atoms with Crippen LogP contribution in [0.25, 0.3) is 0 Å². The number of hydrogen-bond acceptors (Lipinski definition) is 8. The minimum atomic E-state index is -3.20. The Bertz CT molecular complexity index is 1100. The van der Waals surface area contributed by atoms with Crippen LogP contribution in [0.2, 0.25) is 0 Å². The first-order valence-corrected chi connectivity index (χ1v) is 13.1. The maximum Gasteiger partial charge on any atom is 0.225 e. The predicted octanol–water partition coefficient (Wildman–Crippen LogP) is 3.86. The first kappa shape index (κ1) is 21.7. The van der Waals surface area contributed by atoms with Gasteiger partial charge in [0.15, 0.2) is 9.84 Å². The lowest BCUT2D eigenvalue weighted by atomic mass is 9.98. The monoisotopic (exact) mass is 458 g/mol. The van der Waals surface area contributed by atoms with Crippen molar-refractivity contribution in [2.24, 2.45) is 0 Å². The lowest BCUT2D eigenvalue weighted by Gasteiger charge is -2.31. The molecule has 0 radical (unpaired) electrons. The van der Waals surface area contributed by atoms with Gasteiger partial charge in [0.25, 0.3) is 0 Å². The number of sulfone groups is 1. The van der Waals surface area contributed by atoms with Crippen molar-refractivity contribution in [3.63, 3.8) is 0 Å². The molecule has 1 aliphatic heterocycles. The second-order valence-electron chi connectivity index (χ2n) is 7.72. The van der Waals surface area contributed by atoms with Gasteiger partial charge in [0.1, 0.15) is 12.4 Å². The quantitative estimate of drug-likeness (QED) is 0.531. The maximum absolute atomic E-state index is 11.5. The summed E-state index contributed by atoms with van der Waals surface area (Å²) in [7, 11) is -3.20. The van der Waals surface area contributed by atoms with Crippen molar-refractivity contribution in [2.75, 3.05) is 24.2 Å². The maximum atomic E-state index is 11.5. The average molecular weight is 459 g/mol. The van der Waals surface area contributed by atoms with Gasteiger partial charge in [0.05, 0.1) is 15.6 Å². The third-order valence-corrected chi connectivity index (χ3v) is 7.62. The van der Waals surface area contributed by atoms with Gasteiger partial charge in [-0.1, -0.05) is 6.92 Å². The Morgan fingerprint density at radius 3 is 2.42 bits per heavy atom. The minimum Gasteiger partial charge on any atom is -0.487 e. The van der Waals surface area contributed by atoms with Crippen LogP contribution in [0.4, 0.5) is 5.95 Å². The van der Waals surface area contributed by atoms with E-state index >= 15 is 0 Å². The molecule has 0 saturated carbocycles. The van der Waals surface area contributed by atoms with Crippen molar-refractivity contribution in [1.82, 2.24) is 15.0 Å². The number of anilines is 1. The summed E-state index contributed by atoms with van der Waals surface area (Å²) in [5.74, 6) is 1.88. The van der Waals surface area contributed by atoms with Crippen molar-refractivity contribution in [3.05, 3.63) is 58.3 Å². The molecule has 164 valence electrons. The molecule has 1 fully saturated rings. The molecular weight excluding hydrogens is 432 g/mol. The van der Waals surface area contributed by atoms with E-state index in [1.807, 2.05) is 17.8 Å². The summed E-state index contributed by atoms with van der Waals surface area (Å²) in [4.78, 5) is 16.3. The summed E-state index contributed by atoms with van der Waals surface area (Å²) in [5, 5.41) is 3.19. The van der Waals surface area contributed by atoms with Crippen LogP contribution in [0.1, 0.15) is 41.9 Å². The summed E-state index contributed by atoms with van der Waals surface area (Å²) >= 11 is 1.68. The Labute approximate surface area is 187 Å². The first-order valence-electron chi connectivity index (χ1n) is 10.4. The van der Waals surface area contributed by atoms with Crippen molar-refractivity contribution in [3.8, 4) is 5.75 Å². The zero-order valence-electron chi connectivity index (χ0n) is 17.7. The van der Waals surface area contributed by atoms with Crippen molar-refractivity contribution in [2.45, 2.75) is 43.6 Å². The molecule has 0 atom stereocenters. The SMILES string of the molecule is CCc1cnc(N2CCC(c3nc(COc4ccc(S(C)(=O)=O)cc4)cs3)CC2)nc1. The highest BCUT2D eigenvalue weighted by atomic mass is 32.2. The molecule has 0 bridgehead atoms. The summed E-state index contributed by atoms with van der Waals surface area (Å²) in [5.41, 5.74) is 2.05. The van der Waals surface area contributed by atoms with Crippen LogP contribution < -0.4 is 9.64 Å². The number of hydrogen-bond donors (Lipinski definition) is 0. The van der Waals surface area contributed by atoms with Gasteiger partial charge in [-0.2, -0.15) is 0 Å². The third-order valence-electron chi connectivity index (χ3n) is 5.44. The van der Waals surface area contributed by atoms with Crippen LogP contribution in [-0.2, 0) is 22.9 Å². The van der Waals surface area contributed by atoms with Crippen molar-refractivity contribution >= 4 is 27.1 Å². The molecule has 7 nitrogen and oxygen atoms in total. The molecule has 1 aromatic carbocycles. The van der Waals surface area contributed by atoms with E-state index in [0.29, 0.717) is 18.3 Å². The highest BCUT2D eigenvalue weighted by molar-refractivity contribution is 7.90.